The largest absolute Gasteiger partial charge is 0.469 e. The quantitative estimate of drug-likeness (QED) is 0.794. The van der Waals surface area contributed by atoms with Gasteiger partial charge in [-0.3, -0.25) is 0 Å². The van der Waals surface area contributed by atoms with Crippen LogP contribution in [0.4, 0.5) is 0 Å². The topological polar surface area (TPSA) is 25.2 Å². The van der Waals surface area contributed by atoms with E-state index < -0.39 is 0 Å². The average molecular weight is 263 g/mol. The zero-order chi connectivity index (χ0) is 13.7. The monoisotopic (exact) mass is 263 g/mol. The van der Waals surface area contributed by atoms with Crippen LogP contribution in [0.15, 0.2) is 16.7 Å². The Kier molecular flexibility index (Phi) is 5.50. The molecule has 2 heteroatoms. The van der Waals surface area contributed by atoms with E-state index in [1.54, 1.807) is 0 Å². The molecule has 0 aromatic carbocycles. The highest BCUT2D eigenvalue weighted by Crippen LogP contribution is 2.38. The maximum absolute atomic E-state index is 5.52. The number of nitrogens with one attached hydrogen (secondary N) is 1. The van der Waals surface area contributed by atoms with E-state index in [0.717, 1.165) is 24.1 Å². The summed E-state index contributed by atoms with van der Waals surface area (Å²) in [5.74, 6) is 2.78. The highest BCUT2D eigenvalue weighted by Gasteiger charge is 2.28. The highest BCUT2D eigenvalue weighted by molar-refractivity contribution is 5.17. The maximum Gasteiger partial charge on any atom is 0.101 e. The lowest BCUT2D eigenvalue weighted by Crippen LogP contribution is -2.31. The Morgan fingerprint density at radius 2 is 2.00 bits per heavy atom. The molecular formula is C17H29NO. The molecule has 1 aromatic rings. The van der Waals surface area contributed by atoms with Crippen LogP contribution in [0.1, 0.15) is 69.7 Å². The molecular weight excluding hydrogens is 234 g/mol. The summed E-state index contributed by atoms with van der Waals surface area (Å²) in [5, 5.41) is 3.74. The van der Waals surface area contributed by atoms with Gasteiger partial charge in [-0.25, -0.2) is 0 Å². The fraction of sp³-hybridized carbons (Fsp3) is 0.765. The Morgan fingerprint density at radius 3 is 2.53 bits per heavy atom. The van der Waals surface area contributed by atoms with Gasteiger partial charge in [0.2, 0.25) is 0 Å². The molecule has 2 nitrogen and oxygen atoms in total. The third-order valence-corrected chi connectivity index (χ3v) is 4.66. The second kappa shape index (κ2) is 7.14. The third kappa shape index (κ3) is 3.85. The van der Waals surface area contributed by atoms with Gasteiger partial charge in [-0.2, -0.15) is 0 Å². The first-order chi connectivity index (χ1) is 9.24. The third-order valence-electron chi connectivity index (χ3n) is 4.66. The lowest BCUT2D eigenvalue weighted by atomic mass is 9.76. The molecule has 1 unspecified atom stereocenters. The van der Waals surface area contributed by atoms with Crippen LogP contribution < -0.4 is 5.32 Å². The first-order valence-electron chi connectivity index (χ1n) is 8.03. The Morgan fingerprint density at radius 1 is 1.26 bits per heavy atom. The van der Waals surface area contributed by atoms with Crippen LogP contribution in [0.3, 0.4) is 0 Å². The van der Waals surface area contributed by atoms with Crippen molar-refractivity contribution in [2.24, 2.45) is 11.8 Å². The molecule has 1 heterocycles. The van der Waals surface area contributed by atoms with E-state index in [2.05, 4.69) is 25.2 Å². The molecule has 0 saturated heterocycles. The highest BCUT2D eigenvalue weighted by atomic mass is 16.3. The Balaban J connectivity index is 2.01. The van der Waals surface area contributed by atoms with Crippen LogP contribution in [0.25, 0.3) is 0 Å². The summed E-state index contributed by atoms with van der Waals surface area (Å²) in [4.78, 5) is 0. The molecule has 108 valence electrons. The van der Waals surface area contributed by atoms with Crippen LogP contribution in [0, 0.1) is 18.8 Å². The van der Waals surface area contributed by atoms with Gasteiger partial charge in [0, 0.05) is 11.6 Å². The summed E-state index contributed by atoms with van der Waals surface area (Å²) in [7, 11) is 0. The van der Waals surface area contributed by atoms with Crippen LogP contribution in [-0.2, 0) is 0 Å². The van der Waals surface area contributed by atoms with Gasteiger partial charge in [-0.15, -0.1) is 0 Å². The molecule has 0 spiro atoms. The summed E-state index contributed by atoms with van der Waals surface area (Å²) in [5.41, 5.74) is 1.35. The molecule has 1 atom stereocenters. The van der Waals surface area contributed by atoms with Gasteiger partial charge >= 0.3 is 0 Å². The maximum atomic E-state index is 5.52. The van der Waals surface area contributed by atoms with Crippen molar-refractivity contribution in [2.75, 3.05) is 6.54 Å². The van der Waals surface area contributed by atoms with Crippen molar-refractivity contribution in [1.82, 2.24) is 5.32 Å². The normalized spacial score (nSPS) is 25.4. The number of hydrogen-bond donors (Lipinski definition) is 1. The molecule has 0 bridgehead atoms. The van der Waals surface area contributed by atoms with Crippen LogP contribution in [0.2, 0.25) is 0 Å². The minimum absolute atomic E-state index is 0.496. The zero-order valence-electron chi connectivity index (χ0n) is 12.7. The Hall–Kier alpha value is -0.760. The van der Waals surface area contributed by atoms with Crippen LogP contribution >= 0.6 is 0 Å². The predicted octanol–water partition coefficient (Wildman–Crippen LogP) is 4.85. The smallest absolute Gasteiger partial charge is 0.101 e. The minimum Gasteiger partial charge on any atom is -0.469 e. The molecule has 1 aromatic heterocycles. The molecule has 0 aliphatic heterocycles. The molecule has 1 aliphatic rings. The fourth-order valence-electron chi connectivity index (χ4n) is 3.41. The van der Waals surface area contributed by atoms with E-state index in [9.17, 15) is 0 Å². The molecule has 1 aliphatic carbocycles. The SMILES string of the molecule is CCCNC(c1coc(C)c1)C1CCC(CC)CC1. The number of hydrogen-bond acceptors (Lipinski definition) is 2. The van der Waals surface area contributed by atoms with E-state index in [-0.39, 0.29) is 0 Å². The minimum atomic E-state index is 0.496. The summed E-state index contributed by atoms with van der Waals surface area (Å²) in [6.07, 6.45) is 10.0. The van der Waals surface area contributed by atoms with E-state index in [4.69, 9.17) is 4.42 Å². The standard InChI is InChI=1S/C17H29NO/c1-4-10-18-17(16-11-13(3)19-12-16)15-8-6-14(5-2)7-9-15/h11-12,14-15,17-18H,4-10H2,1-3H3. The molecule has 1 saturated carbocycles. The van der Waals surface area contributed by atoms with Crippen molar-refractivity contribution < 1.29 is 4.42 Å². The molecule has 0 radical (unpaired) electrons. The number of rotatable bonds is 6. The number of furan rings is 1. The van der Waals surface area contributed by atoms with Gasteiger partial charge in [0.25, 0.3) is 0 Å². The lowest BCUT2D eigenvalue weighted by molar-refractivity contribution is 0.218. The molecule has 19 heavy (non-hydrogen) atoms. The van der Waals surface area contributed by atoms with E-state index in [1.165, 1.54) is 44.1 Å². The zero-order valence-corrected chi connectivity index (χ0v) is 12.7. The average Bonchev–Trinajstić information content (AvgIpc) is 2.86. The van der Waals surface area contributed by atoms with Crippen molar-refractivity contribution in [1.29, 1.82) is 0 Å². The van der Waals surface area contributed by atoms with E-state index in [0.29, 0.717) is 6.04 Å². The van der Waals surface area contributed by atoms with Crippen molar-refractivity contribution in [3.05, 3.63) is 23.7 Å². The summed E-state index contributed by atoms with van der Waals surface area (Å²) >= 11 is 0. The first kappa shape index (κ1) is 14.6. The van der Waals surface area contributed by atoms with Crippen LogP contribution in [0.5, 0.6) is 0 Å². The lowest BCUT2D eigenvalue weighted by Gasteiger charge is -2.33. The van der Waals surface area contributed by atoms with Gasteiger partial charge in [0.1, 0.15) is 5.76 Å². The second-order valence-electron chi connectivity index (χ2n) is 6.11. The van der Waals surface area contributed by atoms with E-state index >= 15 is 0 Å². The fourth-order valence-corrected chi connectivity index (χ4v) is 3.41. The van der Waals surface area contributed by atoms with Gasteiger partial charge in [-0.05, 0) is 50.6 Å². The van der Waals surface area contributed by atoms with Crippen molar-refractivity contribution >= 4 is 0 Å². The summed E-state index contributed by atoms with van der Waals surface area (Å²) < 4.78 is 5.52. The van der Waals surface area contributed by atoms with E-state index in [1.807, 2.05) is 13.2 Å². The first-order valence-corrected chi connectivity index (χ1v) is 8.03. The van der Waals surface area contributed by atoms with Gasteiger partial charge in [-0.1, -0.05) is 33.1 Å². The second-order valence-corrected chi connectivity index (χ2v) is 6.11. The van der Waals surface area contributed by atoms with Crippen molar-refractivity contribution in [3.8, 4) is 0 Å². The summed E-state index contributed by atoms with van der Waals surface area (Å²) in [6.45, 7) is 7.70. The van der Waals surface area contributed by atoms with Crippen molar-refractivity contribution in [3.63, 3.8) is 0 Å². The van der Waals surface area contributed by atoms with Crippen molar-refractivity contribution in [2.45, 2.75) is 65.3 Å². The molecule has 1 fully saturated rings. The number of aryl methyl sites for hydroxylation is 1. The molecule has 1 N–H and O–H groups in total. The van der Waals surface area contributed by atoms with Gasteiger partial charge in [0.15, 0.2) is 0 Å². The predicted molar refractivity (Wildman–Crippen MR) is 80.2 cm³/mol. The Labute approximate surface area is 118 Å². The van der Waals surface area contributed by atoms with Crippen LogP contribution in [-0.4, -0.2) is 6.54 Å². The van der Waals surface area contributed by atoms with Gasteiger partial charge < -0.3 is 9.73 Å². The summed E-state index contributed by atoms with van der Waals surface area (Å²) in [6, 6.07) is 2.70. The van der Waals surface area contributed by atoms with Gasteiger partial charge in [0.05, 0.1) is 6.26 Å². The molecule has 2 rings (SSSR count). The Bertz CT molecular complexity index is 363. The molecule has 0 amide bonds.